The SMILES string of the molecule is Cc1ccc(-n2cc(C(=O)N(C)C3CCCCC3)nn2)cc1. The third-order valence-corrected chi connectivity index (χ3v) is 4.45. The maximum atomic E-state index is 12.6. The van der Waals surface area contributed by atoms with Crippen molar-refractivity contribution in [3.05, 3.63) is 41.7 Å². The van der Waals surface area contributed by atoms with E-state index in [1.165, 1.54) is 24.8 Å². The first kappa shape index (κ1) is 14.8. The third kappa shape index (κ3) is 3.03. The minimum atomic E-state index is -0.0368. The fraction of sp³-hybridized carbons (Fsp3) is 0.471. The summed E-state index contributed by atoms with van der Waals surface area (Å²) in [6, 6.07) is 8.33. The van der Waals surface area contributed by atoms with Crippen molar-refractivity contribution in [1.29, 1.82) is 0 Å². The molecule has 0 spiro atoms. The molecule has 0 N–H and O–H groups in total. The van der Waals surface area contributed by atoms with E-state index in [0.29, 0.717) is 11.7 Å². The van der Waals surface area contributed by atoms with Gasteiger partial charge in [0.1, 0.15) is 0 Å². The van der Waals surface area contributed by atoms with E-state index in [2.05, 4.69) is 10.3 Å². The molecule has 5 heteroatoms. The van der Waals surface area contributed by atoms with Gasteiger partial charge >= 0.3 is 0 Å². The Kier molecular flexibility index (Phi) is 4.22. The number of aromatic nitrogens is 3. The summed E-state index contributed by atoms with van der Waals surface area (Å²) in [7, 11) is 1.88. The molecule has 1 aliphatic rings. The van der Waals surface area contributed by atoms with Crippen molar-refractivity contribution in [2.75, 3.05) is 7.05 Å². The normalized spacial score (nSPS) is 15.7. The number of rotatable bonds is 3. The fourth-order valence-electron chi connectivity index (χ4n) is 3.00. The van der Waals surface area contributed by atoms with Crippen LogP contribution in [0.2, 0.25) is 0 Å². The van der Waals surface area contributed by atoms with Crippen molar-refractivity contribution >= 4 is 5.91 Å². The van der Waals surface area contributed by atoms with Crippen LogP contribution >= 0.6 is 0 Å². The topological polar surface area (TPSA) is 51.0 Å². The predicted octanol–water partition coefficient (Wildman–Crippen LogP) is 2.98. The van der Waals surface area contributed by atoms with E-state index >= 15 is 0 Å². The quantitative estimate of drug-likeness (QED) is 0.875. The molecule has 1 aromatic carbocycles. The number of amides is 1. The van der Waals surface area contributed by atoms with E-state index in [1.54, 1.807) is 10.9 Å². The summed E-state index contributed by atoms with van der Waals surface area (Å²) in [5.74, 6) is -0.0368. The van der Waals surface area contributed by atoms with Crippen LogP contribution in [0.15, 0.2) is 30.5 Å². The third-order valence-electron chi connectivity index (χ3n) is 4.45. The molecule has 0 unspecified atom stereocenters. The molecule has 0 aliphatic heterocycles. The summed E-state index contributed by atoms with van der Waals surface area (Å²) in [6.45, 7) is 2.04. The first-order valence-corrected chi connectivity index (χ1v) is 7.92. The van der Waals surface area contributed by atoms with E-state index in [-0.39, 0.29) is 5.91 Å². The average molecular weight is 298 g/mol. The minimum absolute atomic E-state index is 0.0368. The van der Waals surface area contributed by atoms with Crippen LogP contribution in [0.3, 0.4) is 0 Å². The molecule has 5 nitrogen and oxygen atoms in total. The number of aryl methyl sites for hydroxylation is 1. The number of hydrogen-bond acceptors (Lipinski definition) is 3. The highest BCUT2D eigenvalue weighted by Crippen LogP contribution is 2.22. The summed E-state index contributed by atoms with van der Waals surface area (Å²) in [5.41, 5.74) is 2.52. The average Bonchev–Trinajstić information content (AvgIpc) is 3.05. The molecule has 1 aliphatic carbocycles. The van der Waals surface area contributed by atoms with Gasteiger partial charge in [-0.05, 0) is 31.9 Å². The second-order valence-electron chi connectivity index (χ2n) is 6.09. The molecule has 1 saturated carbocycles. The van der Waals surface area contributed by atoms with E-state index in [0.717, 1.165) is 18.5 Å². The highest BCUT2D eigenvalue weighted by atomic mass is 16.2. The summed E-state index contributed by atoms with van der Waals surface area (Å²) < 4.78 is 1.65. The molecule has 2 aromatic rings. The Balaban J connectivity index is 1.75. The van der Waals surface area contributed by atoms with E-state index in [4.69, 9.17) is 0 Å². The van der Waals surface area contributed by atoms with Crippen molar-refractivity contribution < 1.29 is 4.79 Å². The number of hydrogen-bond donors (Lipinski definition) is 0. The van der Waals surface area contributed by atoms with Crippen molar-refractivity contribution in [3.63, 3.8) is 0 Å². The maximum absolute atomic E-state index is 12.6. The zero-order valence-electron chi connectivity index (χ0n) is 13.2. The molecular weight excluding hydrogens is 276 g/mol. The van der Waals surface area contributed by atoms with Crippen LogP contribution in [0.4, 0.5) is 0 Å². The minimum Gasteiger partial charge on any atom is -0.337 e. The Morgan fingerprint density at radius 1 is 1.18 bits per heavy atom. The Labute approximate surface area is 130 Å². The van der Waals surface area contributed by atoms with Gasteiger partial charge in [0.15, 0.2) is 5.69 Å². The number of nitrogens with zero attached hydrogens (tertiary/aromatic N) is 4. The maximum Gasteiger partial charge on any atom is 0.276 e. The number of carbonyl (C=O) groups is 1. The van der Waals surface area contributed by atoms with Crippen LogP contribution in [0, 0.1) is 6.92 Å². The molecule has 1 amide bonds. The number of carbonyl (C=O) groups excluding carboxylic acids is 1. The zero-order chi connectivity index (χ0) is 15.5. The lowest BCUT2D eigenvalue weighted by molar-refractivity contribution is 0.0690. The van der Waals surface area contributed by atoms with Crippen LogP contribution < -0.4 is 0 Å². The summed E-state index contributed by atoms with van der Waals surface area (Å²) >= 11 is 0. The Bertz CT molecular complexity index is 641. The van der Waals surface area contributed by atoms with Crippen molar-refractivity contribution in [3.8, 4) is 5.69 Å². The molecule has 3 rings (SSSR count). The molecule has 116 valence electrons. The summed E-state index contributed by atoms with van der Waals surface area (Å²) in [5, 5.41) is 8.14. The lowest BCUT2D eigenvalue weighted by Crippen LogP contribution is -2.38. The van der Waals surface area contributed by atoms with E-state index in [1.807, 2.05) is 43.1 Å². The van der Waals surface area contributed by atoms with Crippen molar-refractivity contribution in [2.45, 2.75) is 45.1 Å². The molecule has 1 aromatic heterocycles. The lowest BCUT2D eigenvalue weighted by atomic mass is 9.94. The van der Waals surface area contributed by atoms with Gasteiger partial charge in [0, 0.05) is 13.1 Å². The van der Waals surface area contributed by atoms with E-state index in [9.17, 15) is 4.79 Å². The Hall–Kier alpha value is -2.17. The lowest BCUT2D eigenvalue weighted by Gasteiger charge is -2.30. The Morgan fingerprint density at radius 2 is 1.86 bits per heavy atom. The summed E-state index contributed by atoms with van der Waals surface area (Å²) in [6.07, 6.45) is 7.59. The fourth-order valence-corrected chi connectivity index (χ4v) is 3.00. The number of benzene rings is 1. The predicted molar refractivity (Wildman–Crippen MR) is 85.1 cm³/mol. The van der Waals surface area contributed by atoms with Crippen molar-refractivity contribution in [2.24, 2.45) is 0 Å². The Morgan fingerprint density at radius 3 is 2.55 bits per heavy atom. The highest BCUT2D eigenvalue weighted by Gasteiger charge is 2.24. The van der Waals surface area contributed by atoms with Crippen molar-refractivity contribution in [1.82, 2.24) is 19.9 Å². The highest BCUT2D eigenvalue weighted by molar-refractivity contribution is 5.92. The first-order valence-electron chi connectivity index (χ1n) is 7.92. The van der Waals surface area contributed by atoms with E-state index < -0.39 is 0 Å². The van der Waals surface area contributed by atoms with Gasteiger partial charge in [-0.25, -0.2) is 4.68 Å². The summed E-state index contributed by atoms with van der Waals surface area (Å²) in [4.78, 5) is 14.4. The van der Waals surface area contributed by atoms with Crippen LogP contribution in [0.5, 0.6) is 0 Å². The second-order valence-corrected chi connectivity index (χ2v) is 6.09. The molecule has 1 fully saturated rings. The molecule has 0 atom stereocenters. The second kappa shape index (κ2) is 6.30. The van der Waals surface area contributed by atoms with Gasteiger partial charge in [0.25, 0.3) is 5.91 Å². The molecule has 1 heterocycles. The molecular formula is C17H22N4O. The standard InChI is InChI=1S/C17H22N4O/c1-13-8-10-15(11-9-13)21-12-16(18-19-21)17(22)20(2)14-6-4-3-5-7-14/h8-12,14H,3-7H2,1-2H3. The van der Waals surface area contributed by atoms with Gasteiger partial charge in [-0.3, -0.25) is 4.79 Å². The van der Waals surface area contributed by atoms with Gasteiger partial charge in [-0.15, -0.1) is 5.10 Å². The smallest absolute Gasteiger partial charge is 0.276 e. The van der Waals surface area contributed by atoms with Gasteiger partial charge < -0.3 is 4.90 Å². The van der Waals surface area contributed by atoms with Crippen LogP contribution in [0.1, 0.15) is 48.2 Å². The molecule has 0 radical (unpaired) electrons. The molecule has 0 saturated heterocycles. The largest absolute Gasteiger partial charge is 0.337 e. The van der Waals surface area contributed by atoms with Crippen LogP contribution in [-0.4, -0.2) is 38.9 Å². The van der Waals surface area contributed by atoms with Gasteiger partial charge in [0.2, 0.25) is 0 Å². The first-order chi connectivity index (χ1) is 10.6. The monoisotopic (exact) mass is 298 g/mol. The molecule has 22 heavy (non-hydrogen) atoms. The van der Waals surface area contributed by atoms with Crippen LogP contribution in [0.25, 0.3) is 5.69 Å². The van der Waals surface area contributed by atoms with Crippen LogP contribution in [-0.2, 0) is 0 Å². The van der Waals surface area contributed by atoms with Gasteiger partial charge in [0.05, 0.1) is 11.9 Å². The zero-order valence-corrected chi connectivity index (χ0v) is 13.2. The molecule has 0 bridgehead atoms. The van der Waals surface area contributed by atoms with Gasteiger partial charge in [-0.2, -0.15) is 0 Å². The van der Waals surface area contributed by atoms with Gasteiger partial charge in [-0.1, -0.05) is 42.2 Å².